The summed E-state index contributed by atoms with van der Waals surface area (Å²) in [6.07, 6.45) is 5.41. The lowest BCUT2D eigenvalue weighted by Gasteiger charge is -2.23. The monoisotopic (exact) mass is 293 g/mol. The van der Waals surface area contributed by atoms with Gasteiger partial charge in [0, 0.05) is 0 Å². The fourth-order valence-corrected chi connectivity index (χ4v) is 3.83. The van der Waals surface area contributed by atoms with E-state index in [2.05, 4.69) is 15.5 Å². The van der Waals surface area contributed by atoms with E-state index in [0.717, 1.165) is 17.8 Å². The van der Waals surface area contributed by atoms with E-state index in [9.17, 15) is 14.7 Å². The largest absolute Gasteiger partial charge is 0.481 e. The standard InChI is InChI=1S/C13H15N3O3S/c1-2-8-15-16-13(20-8)14-11(17)9-6-3-4-7(5-6)10(9)12(18)19/h3-4,6-7,9-10H,2,5H2,1H3,(H,18,19)(H,14,16,17)/t6-,7+,9-,10+/m1/s1. The number of allylic oxidation sites excluding steroid dienone is 2. The lowest BCUT2D eigenvalue weighted by molar-refractivity contribution is -0.146. The number of carbonyl (C=O) groups is 2. The predicted octanol–water partition coefficient (Wildman–Crippen LogP) is 1.56. The molecule has 1 saturated carbocycles. The molecule has 0 aromatic carbocycles. The van der Waals surface area contributed by atoms with Gasteiger partial charge in [-0.3, -0.25) is 9.59 Å². The Morgan fingerprint density at radius 2 is 2.05 bits per heavy atom. The minimum Gasteiger partial charge on any atom is -0.481 e. The van der Waals surface area contributed by atoms with Gasteiger partial charge >= 0.3 is 5.97 Å². The van der Waals surface area contributed by atoms with Crippen LogP contribution < -0.4 is 5.32 Å². The molecule has 2 aliphatic rings. The van der Waals surface area contributed by atoms with Gasteiger partial charge in [-0.15, -0.1) is 10.2 Å². The summed E-state index contributed by atoms with van der Waals surface area (Å²) in [4.78, 5) is 23.7. The third kappa shape index (κ3) is 2.11. The highest BCUT2D eigenvalue weighted by atomic mass is 32.1. The van der Waals surface area contributed by atoms with Crippen molar-refractivity contribution in [3.63, 3.8) is 0 Å². The number of amides is 1. The lowest BCUT2D eigenvalue weighted by Crippen LogP contribution is -2.36. The zero-order valence-electron chi connectivity index (χ0n) is 10.9. The van der Waals surface area contributed by atoms with Gasteiger partial charge in [-0.25, -0.2) is 0 Å². The molecule has 0 spiro atoms. The summed E-state index contributed by atoms with van der Waals surface area (Å²) < 4.78 is 0. The number of aryl methyl sites for hydroxylation is 1. The second-order valence-electron chi connectivity index (χ2n) is 5.18. The molecular formula is C13H15N3O3S. The van der Waals surface area contributed by atoms with Crippen LogP contribution >= 0.6 is 11.3 Å². The van der Waals surface area contributed by atoms with Crippen LogP contribution in [0.2, 0.25) is 0 Å². The van der Waals surface area contributed by atoms with Crippen LogP contribution in [0, 0.1) is 23.7 Å². The molecule has 20 heavy (non-hydrogen) atoms. The Bertz CT molecular complexity index is 583. The van der Waals surface area contributed by atoms with E-state index in [1.807, 2.05) is 19.1 Å². The van der Waals surface area contributed by atoms with Gasteiger partial charge in [-0.1, -0.05) is 30.4 Å². The maximum absolute atomic E-state index is 12.3. The number of hydrogen-bond donors (Lipinski definition) is 2. The molecule has 1 heterocycles. The third-order valence-corrected chi connectivity index (χ3v) is 5.03. The average molecular weight is 293 g/mol. The van der Waals surface area contributed by atoms with E-state index in [4.69, 9.17) is 0 Å². The topological polar surface area (TPSA) is 92.2 Å². The van der Waals surface area contributed by atoms with Crippen LogP contribution in [0.25, 0.3) is 0 Å². The number of aliphatic carboxylic acids is 1. The molecule has 6 nitrogen and oxygen atoms in total. The van der Waals surface area contributed by atoms with Crippen LogP contribution in [0.4, 0.5) is 5.13 Å². The number of fused-ring (bicyclic) bond motifs is 2. The maximum Gasteiger partial charge on any atom is 0.307 e. The highest BCUT2D eigenvalue weighted by Gasteiger charge is 2.51. The van der Waals surface area contributed by atoms with Gasteiger partial charge in [0.1, 0.15) is 5.01 Å². The maximum atomic E-state index is 12.3. The molecule has 0 aliphatic heterocycles. The van der Waals surface area contributed by atoms with Gasteiger partial charge in [-0.2, -0.15) is 0 Å². The molecule has 1 aromatic rings. The Labute approximate surface area is 119 Å². The number of carboxylic acid groups (broad SMARTS) is 1. The third-order valence-electron chi connectivity index (χ3n) is 4.05. The first kappa shape index (κ1) is 13.2. The Morgan fingerprint density at radius 3 is 2.65 bits per heavy atom. The number of hydrogen-bond acceptors (Lipinski definition) is 5. The zero-order chi connectivity index (χ0) is 14.3. The number of carbonyl (C=O) groups excluding carboxylic acids is 1. The van der Waals surface area contributed by atoms with Crippen LogP contribution in [0.15, 0.2) is 12.2 Å². The summed E-state index contributed by atoms with van der Waals surface area (Å²) in [5, 5.41) is 21.2. The quantitative estimate of drug-likeness (QED) is 0.822. The Hall–Kier alpha value is -1.76. The molecule has 7 heteroatoms. The van der Waals surface area contributed by atoms with Crippen LogP contribution in [-0.4, -0.2) is 27.2 Å². The highest BCUT2D eigenvalue weighted by Crippen LogP contribution is 2.48. The first-order chi connectivity index (χ1) is 9.60. The van der Waals surface area contributed by atoms with Crippen molar-refractivity contribution in [1.29, 1.82) is 0 Å². The van der Waals surface area contributed by atoms with Crippen molar-refractivity contribution >= 4 is 28.3 Å². The van der Waals surface area contributed by atoms with Crippen molar-refractivity contribution in [3.05, 3.63) is 17.2 Å². The van der Waals surface area contributed by atoms with E-state index in [1.165, 1.54) is 11.3 Å². The van der Waals surface area contributed by atoms with Gasteiger partial charge in [0.2, 0.25) is 11.0 Å². The second kappa shape index (κ2) is 4.97. The summed E-state index contributed by atoms with van der Waals surface area (Å²) in [5.41, 5.74) is 0. The van der Waals surface area contributed by atoms with E-state index in [0.29, 0.717) is 5.13 Å². The van der Waals surface area contributed by atoms with Crippen LogP contribution in [0.1, 0.15) is 18.4 Å². The summed E-state index contributed by atoms with van der Waals surface area (Å²) in [5.74, 6) is -2.27. The fraction of sp³-hybridized carbons (Fsp3) is 0.538. The lowest BCUT2D eigenvalue weighted by atomic mass is 9.82. The first-order valence-electron chi connectivity index (χ1n) is 6.64. The molecule has 0 radical (unpaired) electrons. The van der Waals surface area contributed by atoms with Crippen molar-refractivity contribution in [2.24, 2.45) is 23.7 Å². The van der Waals surface area contributed by atoms with Crippen molar-refractivity contribution < 1.29 is 14.7 Å². The van der Waals surface area contributed by atoms with Crippen LogP contribution in [-0.2, 0) is 16.0 Å². The summed E-state index contributed by atoms with van der Waals surface area (Å²) in [6, 6.07) is 0. The minimum atomic E-state index is -0.895. The van der Waals surface area contributed by atoms with Crippen LogP contribution in [0.3, 0.4) is 0 Å². The fourth-order valence-electron chi connectivity index (χ4n) is 3.15. The van der Waals surface area contributed by atoms with Crippen molar-refractivity contribution in [2.45, 2.75) is 19.8 Å². The van der Waals surface area contributed by atoms with Gasteiger partial charge in [-0.05, 0) is 24.7 Å². The molecule has 2 N–H and O–H groups in total. The van der Waals surface area contributed by atoms with E-state index < -0.39 is 17.8 Å². The predicted molar refractivity (Wildman–Crippen MR) is 73.3 cm³/mol. The minimum absolute atomic E-state index is 0.0196. The van der Waals surface area contributed by atoms with Gasteiger partial charge in [0.25, 0.3) is 0 Å². The van der Waals surface area contributed by atoms with Crippen molar-refractivity contribution in [3.8, 4) is 0 Å². The molecule has 0 saturated heterocycles. The highest BCUT2D eigenvalue weighted by molar-refractivity contribution is 7.15. The normalized spacial score (nSPS) is 30.6. The number of nitrogens with one attached hydrogen (secondary N) is 1. The molecule has 2 bridgehead atoms. The molecule has 1 amide bonds. The summed E-state index contributed by atoms with van der Waals surface area (Å²) in [6.45, 7) is 1.97. The molecular weight excluding hydrogens is 278 g/mol. The second-order valence-corrected chi connectivity index (χ2v) is 6.24. The Kier molecular flexibility index (Phi) is 3.29. The average Bonchev–Trinajstić information content (AvgIpc) is 3.12. The summed E-state index contributed by atoms with van der Waals surface area (Å²) >= 11 is 1.33. The molecule has 3 rings (SSSR count). The van der Waals surface area contributed by atoms with Gasteiger partial charge < -0.3 is 10.4 Å². The molecule has 1 fully saturated rings. The molecule has 1 aromatic heterocycles. The molecule has 106 valence electrons. The van der Waals surface area contributed by atoms with Crippen LogP contribution in [0.5, 0.6) is 0 Å². The van der Waals surface area contributed by atoms with Crippen molar-refractivity contribution in [1.82, 2.24) is 10.2 Å². The van der Waals surface area contributed by atoms with E-state index in [-0.39, 0.29) is 17.7 Å². The molecule has 2 aliphatic carbocycles. The zero-order valence-corrected chi connectivity index (χ0v) is 11.8. The van der Waals surface area contributed by atoms with E-state index in [1.54, 1.807) is 0 Å². The molecule has 0 unspecified atom stereocenters. The Balaban J connectivity index is 1.76. The smallest absolute Gasteiger partial charge is 0.307 e. The number of aromatic nitrogens is 2. The number of anilines is 1. The van der Waals surface area contributed by atoms with E-state index >= 15 is 0 Å². The summed E-state index contributed by atoms with van der Waals surface area (Å²) in [7, 11) is 0. The number of nitrogens with zero attached hydrogens (tertiary/aromatic N) is 2. The number of rotatable bonds is 4. The van der Waals surface area contributed by atoms with Gasteiger partial charge in [0.05, 0.1) is 11.8 Å². The Morgan fingerprint density at radius 1 is 1.35 bits per heavy atom. The SMILES string of the molecule is CCc1nnc(NC(=O)[C@H]2[C@@H](C(=O)O)[C@H]3C=C[C@@H]2C3)s1. The number of carboxylic acids is 1. The van der Waals surface area contributed by atoms with Crippen molar-refractivity contribution in [2.75, 3.05) is 5.32 Å². The first-order valence-corrected chi connectivity index (χ1v) is 7.46. The molecule has 4 atom stereocenters. The van der Waals surface area contributed by atoms with Gasteiger partial charge in [0.15, 0.2) is 0 Å².